The number of benzene rings is 1. The van der Waals surface area contributed by atoms with Crippen LogP contribution in [-0.2, 0) is 6.54 Å². The quantitative estimate of drug-likeness (QED) is 0.610. The van der Waals surface area contributed by atoms with Crippen molar-refractivity contribution in [3.63, 3.8) is 0 Å². The summed E-state index contributed by atoms with van der Waals surface area (Å²) in [6.07, 6.45) is 2.45. The molecule has 1 aliphatic carbocycles. The molecule has 0 amide bonds. The van der Waals surface area contributed by atoms with E-state index < -0.39 is 4.92 Å². The number of nitro groups is 1. The number of hydrogen-bond acceptors (Lipinski definition) is 4. The van der Waals surface area contributed by atoms with Gasteiger partial charge >= 0.3 is 5.69 Å². The molecule has 0 bridgehead atoms. The number of rotatable bonds is 5. The lowest BCUT2D eigenvalue weighted by Gasteiger charge is -2.06. The molecule has 0 aliphatic heterocycles. The molecule has 2 rings (SSSR count). The highest BCUT2D eigenvalue weighted by atomic mass is 16.6. The van der Waals surface area contributed by atoms with Crippen LogP contribution in [0.15, 0.2) is 18.2 Å². The molecule has 1 fully saturated rings. The van der Waals surface area contributed by atoms with Gasteiger partial charge in [0.05, 0.1) is 12.0 Å². The number of nitro benzene ring substituents is 1. The topological polar surface area (TPSA) is 64.4 Å². The maximum atomic E-state index is 10.7. The molecule has 0 unspecified atom stereocenters. The SMILES string of the molecule is COc1cc(CNC2CC2)ccc1[N+](=O)[O-]. The Balaban J connectivity index is 2.11. The third-order valence-corrected chi connectivity index (χ3v) is 2.61. The zero-order valence-electron chi connectivity index (χ0n) is 9.10. The molecular formula is C11H14N2O3. The Morgan fingerprint density at radius 2 is 2.31 bits per heavy atom. The molecule has 0 saturated heterocycles. The van der Waals surface area contributed by atoms with E-state index in [-0.39, 0.29) is 5.69 Å². The van der Waals surface area contributed by atoms with E-state index in [0.717, 1.165) is 12.1 Å². The van der Waals surface area contributed by atoms with Crippen molar-refractivity contribution in [2.45, 2.75) is 25.4 Å². The average molecular weight is 222 g/mol. The highest BCUT2D eigenvalue weighted by Gasteiger charge is 2.20. The van der Waals surface area contributed by atoms with Gasteiger partial charge < -0.3 is 10.1 Å². The van der Waals surface area contributed by atoms with Crippen molar-refractivity contribution in [2.24, 2.45) is 0 Å². The Hall–Kier alpha value is -1.62. The highest BCUT2D eigenvalue weighted by Crippen LogP contribution is 2.28. The molecule has 86 valence electrons. The van der Waals surface area contributed by atoms with Gasteiger partial charge in [0, 0.05) is 18.7 Å². The molecule has 1 aromatic rings. The second-order valence-corrected chi connectivity index (χ2v) is 3.92. The summed E-state index contributed by atoms with van der Waals surface area (Å²) in [6, 6.07) is 5.59. The number of methoxy groups -OCH3 is 1. The van der Waals surface area contributed by atoms with E-state index in [9.17, 15) is 10.1 Å². The third-order valence-electron chi connectivity index (χ3n) is 2.61. The summed E-state index contributed by atoms with van der Waals surface area (Å²) in [5.41, 5.74) is 1.02. The number of ether oxygens (including phenoxy) is 1. The van der Waals surface area contributed by atoms with E-state index in [1.54, 1.807) is 12.1 Å². The molecule has 0 heterocycles. The van der Waals surface area contributed by atoms with Crippen LogP contribution in [-0.4, -0.2) is 18.1 Å². The predicted molar refractivity (Wildman–Crippen MR) is 59.5 cm³/mol. The lowest BCUT2D eigenvalue weighted by Crippen LogP contribution is -2.15. The average Bonchev–Trinajstić information content (AvgIpc) is 3.09. The zero-order chi connectivity index (χ0) is 11.5. The van der Waals surface area contributed by atoms with Crippen LogP contribution in [0.3, 0.4) is 0 Å². The van der Waals surface area contributed by atoms with Gasteiger partial charge in [-0.1, -0.05) is 6.07 Å². The molecule has 0 spiro atoms. The van der Waals surface area contributed by atoms with Crippen LogP contribution in [0, 0.1) is 10.1 Å². The van der Waals surface area contributed by atoms with Gasteiger partial charge in [0.1, 0.15) is 0 Å². The first-order valence-electron chi connectivity index (χ1n) is 5.25. The van der Waals surface area contributed by atoms with Gasteiger partial charge in [0.25, 0.3) is 0 Å². The maximum Gasteiger partial charge on any atom is 0.310 e. The van der Waals surface area contributed by atoms with Crippen molar-refractivity contribution in [2.75, 3.05) is 7.11 Å². The normalized spacial score (nSPS) is 14.8. The molecule has 5 nitrogen and oxygen atoms in total. The third kappa shape index (κ3) is 2.49. The largest absolute Gasteiger partial charge is 0.490 e. The van der Waals surface area contributed by atoms with E-state index in [2.05, 4.69) is 5.32 Å². The van der Waals surface area contributed by atoms with Crippen molar-refractivity contribution in [3.8, 4) is 5.75 Å². The number of nitrogens with one attached hydrogen (secondary N) is 1. The second-order valence-electron chi connectivity index (χ2n) is 3.92. The maximum absolute atomic E-state index is 10.7. The van der Waals surface area contributed by atoms with Crippen molar-refractivity contribution in [1.29, 1.82) is 0 Å². The summed E-state index contributed by atoms with van der Waals surface area (Å²) in [5, 5.41) is 14.0. The summed E-state index contributed by atoms with van der Waals surface area (Å²) in [5.74, 6) is 0.320. The molecular weight excluding hydrogens is 208 g/mol. The first-order chi connectivity index (χ1) is 7.70. The lowest BCUT2D eigenvalue weighted by molar-refractivity contribution is -0.385. The standard InChI is InChI=1S/C11H14N2O3/c1-16-11-6-8(7-12-9-3-4-9)2-5-10(11)13(14)15/h2,5-6,9,12H,3-4,7H2,1H3. The predicted octanol–water partition coefficient (Wildman–Crippen LogP) is 1.86. The Bertz CT molecular complexity index is 402. The molecule has 1 N–H and O–H groups in total. The lowest BCUT2D eigenvalue weighted by atomic mass is 10.2. The van der Waals surface area contributed by atoms with Crippen molar-refractivity contribution in [3.05, 3.63) is 33.9 Å². The first kappa shape index (κ1) is 10.9. The van der Waals surface area contributed by atoms with Gasteiger partial charge in [-0.2, -0.15) is 0 Å². The van der Waals surface area contributed by atoms with Gasteiger partial charge in [-0.25, -0.2) is 0 Å². The summed E-state index contributed by atoms with van der Waals surface area (Å²) in [7, 11) is 1.44. The molecule has 0 atom stereocenters. The van der Waals surface area contributed by atoms with Crippen molar-refractivity contribution >= 4 is 5.69 Å². The minimum absolute atomic E-state index is 0.0117. The van der Waals surface area contributed by atoms with E-state index in [4.69, 9.17) is 4.74 Å². The van der Waals surface area contributed by atoms with Crippen LogP contribution in [0.25, 0.3) is 0 Å². The van der Waals surface area contributed by atoms with Crippen LogP contribution in [0.1, 0.15) is 18.4 Å². The molecule has 1 aromatic carbocycles. The molecule has 5 heteroatoms. The summed E-state index contributed by atoms with van der Waals surface area (Å²) in [4.78, 5) is 10.2. The van der Waals surface area contributed by atoms with Gasteiger partial charge in [-0.3, -0.25) is 10.1 Å². The summed E-state index contributed by atoms with van der Waals surface area (Å²) < 4.78 is 5.00. The second kappa shape index (κ2) is 4.49. The van der Waals surface area contributed by atoms with E-state index in [1.807, 2.05) is 0 Å². The molecule has 1 saturated carbocycles. The van der Waals surface area contributed by atoms with Crippen LogP contribution in [0.5, 0.6) is 5.75 Å². The Kier molecular flexibility index (Phi) is 3.05. The zero-order valence-corrected chi connectivity index (χ0v) is 9.10. The van der Waals surface area contributed by atoms with Gasteiger partial charge in [0.2, 0.25) is 0 Å². The molecule has 1 aliphatic rings. The smallest absolute Gasteiger partial charge is 0.310 e. The fourth-order valence-corrected chi connectivity index (χ4v) is 1.53. The number of nitrogens with zero attached hydrogens (tertiary/aromatic N) is 1. The monoisotopic (exact) mass is 222 g/mol. The van der Waals surface area contributed by atoms with Gasteiger partial charge in [-0.15, -0.1) is 0 Å². The van der Waals surface area contributed by atoms with Crippen LogP contribution in [0.2, 0.25) is 0 Å². The highest BCUT2D eigenvalue weighted by molar-refractivity contribution is 5.48. The first-order valence-corrected chi connectivity index (χ1v) is 5.25. The van der Waals surface area contributed by atoms with Crippen LogP contribution >= 0.6 is 0 Å². The van der Waals surface area contributed by atoms with E-state index in [1.165, 1.54) is 26.0 Å². The van der Waals surface area contributed by atoms with Crippen molar-refractivity contribution in [1.82, 2.24) is 5.32 Å². The molecule has 0 radical (unpaired) electrons. The summed E-state index contributed by atoms with van der Waals surface area (Å²) in [6.45, 7) is 0.735. The summed E-state index contributed by atoms with van der Waals surface area (Å²) >= 11 is 0. The molecule has 0 aromatic heterocycles. The minimum atomic E-state index is -0.434. The van der Waals surface area contributed by atoms with Crippen LogP contribution in [0.4, 0.5) is 5.69 Å². The van der Waals surface area contributed by atoms with Crippen LogP contribution < -0.4 is 10.1 Å². The Labute approximate surface area is 93.6 Å². The van der Waals surface area contributed by atoms with Gasteiger partial charge in [-0.05, 0) is 24.5 Å². The van der Waals surface area contributed by atoms with E-state index in [0.29, 0.717) is 11.8 Å². The van der Waals surface area contributed by atoms with Gasteiger partial charge in [0.15, 0.2) is 5.75 Å². The fraction of sp³-hybridized carbons (Fsp3) is 0.455. The fourth-order valence-electron chi connectivity index (χ4n) is 1.53. The van der Waals surface area contributed by atoms with Crippen molar-refractivity contribution < 1.29 is 9.66 Å². The Morgan fingerprint density at radius 3 is 2.88 bits per heavy atom. The minimum Gasteiger partial charge on any atom is -0.490 e. The molecule has 16 heavy (non-hydrogen) atoms. The number of hydrogen-bond donors (Lipinski definition) is 1. The van der Waals surface area contributed by atoms with E-state index >= 15 is 0 Å². The Morgan fingerprint density at radius 1 is 1.56 bits per heavy atom.